The standard InChI is InChI=1S/C20H26N4O3/c25-20(24-10-2-1-3-11-24)16-4-6-17(7-5-16)27-18-8-12-23(13-9-18)14-19-21-15-26-22-19/h4-7,15,18H,1-3,8-14H2. The van der Waals surface area contributed by atoms with E-state index in [0.29, 0.717) is 0 Å². The van der Waals surface area contributed by atoms with Crippen molar-refractivity contribution in [2.45, 2.75) is 44.8 Å². The molecule has 2 saturated heterocycles. The number of aromatic nitrogens is 2. The summed E-state index contributed by atoms with van der Waals surface area (Å²) >= 11 is 0. The zero-order valence-corrected chi connectivity index (χ0v) is 15.5. The smallest absolute Gasteiger partial charge is 0.253 e. The summed E-state index contributed by atoms with van der Waals surface area (Å²) in [6.45, 7) is 4.37. The molecule has 2 aliphatic rings. The number of ether oxygens (including phenoxy) is 1. The van der Waals surface area contributed by atoms with Crippen LogP contribution in [-0.4, -0.2) is 58.1 Å². The Hall–Kier alpha value is -2.41. The number of hydrogen-bond acceptors (Lipinski definition) is 6. The molecule has 0 bridgehead atoms. The average Bonchev–Trinajstić information content (AvgIpc) is 3.23. The van der Waals surface area contributed by atoms with E-state index in [-0.39, 0.29) is 12.0 Å². The van der Waals surface area contributed by atoms with Gasteiger partial charge in [-0.05, 0) is 56.4 Å². The highest BCUT2D eigenvalue weighted by Crippen LogP contribution is 2.21. The van der Waals surface area contributed by atoms with Gasteiger partial charge in [-0.25, -0.2) is 0 Å². The minimum Gasteiger partial charge on any atom is -0.490 e. The van der Waals surface area contributed by atoms with E-state index in [1.807, 2.05) is 29.2 Å². The van der Waals surface area contributed by atoms with Crippen LogP contribution in [0.25, 0.3) is 0 Å². The maximum Gasteiger partial charge on any atom is 0.253 e. The van der Waals surface area contributed by atoms with Gasteiger partial charge in [0, 0.05) is 31.7 Å². The molecule has 27 heavy (non-hydrogen) atoms. The van der Waals surface area contributed by atoms with Crippen LogP contribution < -0.4 is 4.74 Å². The molecule has 7 heteroatoms. The topological polar surface area (TPSA) is 71.7 Å². The molecule has 0 aliphatic carbocycles. The van der Waals surface area contributed by atoms with Gasteiger partial charge in [-0.15, -0.1) is 0 Å². The summed E-state index contributed by atoms with van der Waals surface area (Å²) in [4.78, 5) is 20.9. The van der Waals surface area contributed by atoms with Crippen molar-refractivity contribution in [3.8, 4) is 5.75 Å². The summed E-state index contributed by atoms with van der Waals surface area (Å²) in [5.41, 5.74) is 0.749. The van der Waals surface area contributed by atoms with E-state index in [1.54, 1.807) is 0 Å². The molecule has 1 amide bonds. The highest BCUT2D eigenvalue weighted by Gasteiger charge is 2.22. The Kier molecular flexibility index (Phi) is 5.67. The van der Waals surface area contributed by atoms with Crippen molar-refractivity contribution in [1.82, 2.24) is 19.9 Å². The molecule has 2 aromatic rings. The van der Waals surface area contributed by atoms with Crippen molar-refractivity contribution in [3.63, 3.8) is 0 Å². The normalized spacial score (nSPS) is 19.2. The fraction of sp³-hybridized carbons (Fsp3) is 0.550. The van der Waals surface area contributed by atoms with E-state index in [4.69, 9.17) is 9.26 Å². The van der Waals surface area contributed by atoms with Gasteiger partial charge in [0.2, 0.25) is 6.39 Å². The molecule has 1 aromatic heterocycles. The summed E-state index contributed by atoms with van der Waals surface area (Å²) in [5, 5.41) is 3.86. The van der Waals surface area contributed by atoms with Crippen molar-refractivity contribution < 1.29 is 14.1 Å². The van der Waals surface area contributed by atoms with Gasteiger partial charge in [-0.2, -0.15) is 4.98 Å². The number of carbonyl (C=O) groups excluding carboxylic acids is 1. The third kappa shape index (κ3) is 4.66. The molecular formula is C20H26N4O3. The van der Waals surface area contributed by atoms with Gasteiger partial charge in [0.1, 0.15) is 11.9 Å². The van der Waals surface area contributed by atoms with Crippen LogP contribution in [0.4, 0.5) is 0 Å². The van der Waals surface area contributed by atoms with Gasteiger partial charge in [0.15, 0.2) is 5.82 Å². The Balaban J connectivity index is 1.26. The van der Waals surface area contributed by atoms with Crippen molar-refractivity contribution in [2.24, 2.45) is 0 Å². The van der Waals surface area contributed by atoms with E-state index in [0.717, 1.165) is 75.5 Å². The maximum absolute atomic E-state index is 12.5. The number of hydrogen-bond donors (Lipinski definition) is 0. The first-order chi connectivity index (χ1) is 13.3. The third-order valence-corrected chi connectivity index (χ3v) is 5.35. The van der Waals surface area contributed by atoms with E-state index in [2.05, 4.69) is 15.0 Å². The lowest BCUT2D eigenvalue weighted by Gasteiger charge is -2.31. The number of carbonyl (C=O) groups is 1. The SMILES string of the molecule is O=C(c1ccc(OC2CCN(Cc3ncon3)CC2)cc1)N1CCCCC1. The first-order valence-electron chi connectivity index (χ1n) is 9.81. The Morgan fingerprint density at radius 3 is 2.48 bits per heavy atom. The first-order valence-corrected chi connectivity index (χ1v) is 9.81. The van der Waals surface area contributed by atoms with Crippen LogP contribution in [0.1, 0.15) is 48.3 Å². The Labute approximate surface area is 159 Å². The molecule has 0 spiro atoms. The first kappa shape index (κ1) is 18.0. The summed E-state index contributed by atoms with van der Waals surface area (Å²) in [6, 6.07) is 7.61. The number of benzene rings is 1. The van der Waals surface area contributed by atoms with Crippen molar-refractivity contribution in [3.05, 3.63) is 42.0 Å². The predicted octanol–water partition coefficient (Wildman–Crippen LogP) is 2.74. The van der Waals surface area contributed by atoms with E-state index < -0.39 is 0 Å². The lowest BCUT2D eigenvalue weighted by molar-refractivity contribution is 0.0724. The average molecular weight is 370 g/mol. The second-order valence-electron chi connectivity index (χ2n) is 7.32. The van der Waals surface area contributed by atoms with Crippen LogP contribution in [0.3, 0.4) is 0 Å². The van der Waals surface area contributed by atoms with Gasteiger partial charge >= 0.3 is 0 Å². The molecule has 3 heterocycles. The van der Waals surface area contributed by atoms with Crippen LogP contribution in [0.2, 0.25) is 0 Å². The lowest BCUT2D eigenvalue weighted by atomic mass is 10.1. The molecule has 1 aromatic carbocycles. The van der Waals surface area contributed by atoms with Gasteiger partial charge in [-0.1, -0.05) is 5.16 Å². The van der Waals surface area contributed by atoms with Crippen LogP contribution in [0, 0.1) is 0 Å². The summed E-state index contributed by atoms with van der Waals surface area (Å²) in [5.74, 6) is 1.70. The summed E-state index contributed by atoms with van der Waals surface area (Å²) in [7, 11) is 0. The highest BCUT2D eigenvalue weighted by atomic mass is 16.5. The predicted molar refractivity (Wildman–Crippen MR) is 99.4 cm³/mol. The third-order valence-electron chi connectivity index (χ3n) is 5.35. The molecule has 0 unspecified atom stereocenters. The second-order valence-corrected chi connectivity index (χ2v) is 7.32. The van der Waals surface area contributed by atoms with E-state index in [9.17, 15) is 4.79 Å². The molecule has 0 saturated carbocycles. The molecule has 0 atom stereocenters. The minimum atomic E-state index is 0.135. The van der Waals surface area contributed by atoms with Crippen LogP contribution in [0.5, 0.6) is 5.75 Å². The molecule has 144 valence electrons. The Bertz CT molecular complexity index is 718. The number of amides is 1. The zero-order valence-electron chi connectivity index (χ0n) is 15.5. The monoisotopic (exact) mass is 370 g/mol. The van der Waals surface area contributed by atoms with E-state index >= 15 is 0 Å². The van der Waals surface area contributed by atoms with Crippen molar-refractivity contribution in [1.29, 1.82) is 0 Å². The van der Waals surface area contributed by atoms with Gasteiger partial charge in [-0.3, -0.25) is 9.69 Å². The number of nitrogens with zero attached hydrogens (tertiary/aromatic N) is 4. The fourth-order valence-electron chi connectivity index (χ4n) is 3.80. The lowest BCUT2D eigenvalue weighted by Crippen LogP contribution is -2.38. The van der Waals surface area contributed by atoms with E-state index in [1.165, 1.54) is 12.8 Å². The van der Waals surface area contributed by atoms with Crippen LogP contribution >= 0.6 is 0 Å². The van der Waals surface area contributed by atoms with Crippen molar-refractivity contribution in [2.75, 3.05) is 26.2 Å². The molecule has 7 nitrogen and oxygen atoms in total. The molecule has 2 aliphatic heterocycles. The quantitative estimate of drug-likeness (QED) is 0.806. The summed E-state index contributed by atoms with van der Waals surface area (Å²) < 4.78 is 10.9. The number of piperidine rings is 2. The van der Waals surface area contributed by atoms with Crippen LogP contribution in [0.15, 0.2) is 35.2 Å². The molecule has 2 fully saturated rings. The van der Waals surface area contributed by atoms with Gasteiger partial charge in [0.25, 0.3) is 5.91 Å². The Morgan fingerprint density at radius 1 is 1.07 bits per heavy atom. The Morgan fingerprint density at radius 2 is 1.81 bits per heavy atom. The highest BCUT2D eigenvalue weighted by molar-refractivity contribution is 5.94. The number of rotatable bonds is 5. The molecule has 4 rings (SSSR count). The molecule has 0 N–H and O–H groups in total. The van der Waals surface area contributed by atoms with Crippen LogP contribution in [-0.2, 0) is 6.54 Å². The maximum atomic E-state index is 12.5. The second kappa shape index (κ2) is 8.52. The minimum absolute atomic E-state index is 0.135. The van der Waals surface area contributed by atoms with Gasteiger partial charge in [0.05, 0.1) is 6.54 Å². The molecule has 0 radical (unpaired) electrons. The fourth-order valence-corrected chi connectivity index (χ4v) is 3.80. The van der Waals surface area contributed by atoms with Gasteiger partial charge < -0.3 is 14.2 Å². The largest absolute Gasteiger partial charge is 0.490 e. The summed E-state index contributed by atoms with van der Waals surface area (Å²) in [6.07, 6.45) is 6.94. The molecular weight excluding hydrogens is 344 g/mol. The number of likely N-dealkylation sites (tertiary alicyclic amines) is 2. The zero-order chi connectivity index (χ0) is 18.5. The van der Waals surface area contributed by atoms with Crippen molar-refractivity contribution >= 4 is 5.91 Å².